The number of aliphatic imine (C=N–C) groups is 1. The minimum absolute atomic E-state index is 0.854. The number of anilines is 1. The van der Waals surface area contributed by atoms with Crippen LogP contribution >= 0.6 is 11.3 Å². The molecular weight excluding hydrogens is 230 g/mol. The summed E-state index contributed by atoms with van der Waals surface area (Å²) in [7, 11) is 0. The Morgan fingerprint density at radius 3 is 2.82 bits per heavy atom. The van der Waals surface area contributed by atoms with Crippen LogP contribution in [0.25, 0.3) is 10.4 Å². The quantitative estimate of drug-likeness (QED) is 0.851. The zero-order valence-electron chi connectivity index (χ0n) is 9.31. The SMILES string of the molecule is c1ccc(-c2sccc2NC2=NCCN2)cc1. The van der Waals surface area contributed by atoms with Crippen LogP contribution in [0, 0.1) is 0 Å². The number of rotatable bonds is 2. The van der Waals surface area contributed by atoms with Gasteiger partial charge in [-0.2, -0.15) is 0 Å². The van der Waals surface area contributed by atoms with Crippen molar-refractivity contribution >= 4 is 23.0 Å². The van der Waals surface area contributed by atoms with E-state index in [9.17, 15) is 0 Å². The number of hydrogen-bond donors (Lipinski definition) is 2. The molecule has 2 aromatic rings. The summed E-state index contributed by atoms with van der Waals surface area (Å²) in [6.07, 6.45) is 0. The molecule has 0 radical (unpaired) electrons. The zero-order chi connectivity index (χ0) is 11.5. The smallest absolute Gasteiger partial charge is 0.195 e. The molecule has 1 aliphatic heterocycles. The second-order valence-corrected chi connectivity index (χ2v) is 4.73. The van der Waals surface area contributed by atoms with E-state index in [1.54, 1.807) is 11.3 Å². The number of hydrogen-bond acceptors (Lipinski definition) is 4. The van der Waals surface area contributed by atoms with Crippen molar-refractivity contribution in [3.8, 4) is 10.4 Å². The van der Waals surface area contributed by atoms with Gasteiger partial charge >= 0.3 is 0 Å². The van der Waals surface area contributed by atoms with Crippen LogP contribution in [0.3, 0.4) is 0 Å². The third-order valence-electron chi connectivity index (χ3n) is 2.63. The highest BCUT2D eigenvalue weighted by molar-refractivity contribution is 7.14. The molecule has 0 fully saturated rings. The van der Waals surface area contributed by atoms with E-state index >= 15 is 0 Å². The molecule has 0 unspecified atom stereocenters. The molecule has 0 saturated heterocycles. The Kier molecular flexibility index (Phi) is 2.80. The van der Waals surface area contributed by atoms with Crippen molar-refractivity contribution in [1.29, 1.82) is 0 Å². The minimum Gasteiger partial charge on any atom is -0.354 e. The van der Waals surface area contributed by atoms with Gasteiger partial charge in [-0.15, -0.1) is 11.3 Å². The average Bonchev–Trinajstić information content (AvgIpc) is 3.02. The van der Waals surface area contributed by atoms with Crippen molar-refractivity contribution in [3.63, 3.8) is 0 Å². The van der Waals surface area contributed by atoms with E-state index in [0.29, 0.717) is 0 Å². The molecule has 0 spiro atoms. The van der Waals surface area contributed by atoms with Gasteiger partial charge in [-0.25, -0.2) is 0 Å². The van der Waals surface area contributed by atoms with Crippen LogP contribution in [0.1, 0.15) is 0 Å². The normalized spacial score (nSPS) is 14.2. The van der Waals surface area contributed by atoms with Crippen LogP contribution in [0.2, 0.25) is 0 Å². The zero-order valence-corrected chi connectivity index (χ0v) is 10.1. The first-order valence-electron chi connectivity index (χ1n) is 5.62. The second kappa shape index (κ2) is 4.59. The first kappa shape index (κ1) is 10.4. The highest BCUT2D eigenvalue weighted by atomic mass is 32.1. The molecule has 17 heavy (non-hydrogen) atoms. The maximum atomic E-state index is 4.34. The lowest BCUT2D eigenvalue weighted by Gasteiger charge is -2.07. The summed E-state index contributed by atoms with van der Waals surface area (Å²) in [4.78, 5) is 5.60. The molecule has 86 valence electrons. The van der Waals surface area contributed by atoms with Gasteiger partial charge in [0.05, 0.1) is 17.1 Å². The topological polar surface area (TPSA) is 36.4 Å². The second-order valence-electron chi connectivity index (χ2n) is 3.81. The molecule has 3 rings (SSSR count). The van der Waals surface area contributed by atoms with Crippen molar-refractivity contribution in [2.24, 2.45) is 4.99 Å². The first-order valence-corrected chi connectivity index (χ1v) is 6.50. The van der Waals surface area contributed by atoms with Crippen molar-refractivity contribution in [3.05, 3.63) is 41.8 Å². The van der Waals surface area contributed by atoms with E-state index in [1.807, 2.05) is 6.07 Å². The molecule has 0 atom stereocenters. The third kappa shape index (κ3) is 2.17. The lowest BCUT2D eigenvalue weighted by Crippen LogP contribution is -2.26. The fraction of sp³-hybridized carbons (Fsp3) is 0.154. The molecule has 4 heteroatoms. The van der Waals surface area contributed by atoms with Gasteiger partial charge in [-0.1, -0.05) is 30.3 Å². The van der Waals surface area contributed by atoms with Gasteiger partial charge in [0.25, 0.3) is 0 Å². The van der Waals surface area contributed by atoms with Gasteiger partial charge < -0.3 is 10.6 Å². The Morgan fingerprint density at radius 1 is 1.18 bits per heavy atom. The Balaban J connectivity index is 1.89. The largest absolute Gasteiger partial charge is 0.354 e. The average molecular weight is 243 g/mol. The Hall–Kier alpha value is -1.81. The van der Waals surface area contributed by atoms with Crippen molar-refractivity contribution < 1.29 is 0 Å². The molecule has 1 aromatic heterocycles. The number of nitrogens with zero attached hydrogens (tertiary/aromatic N) is 1. The van der Waals surface area contributed by atoms with Gasteiger partial charge in [0.15, 0.2) is 5.96 Å². The highest BCUT2D eigenvalue weighted by Crippen LogP contribution is 2.33. The molecule has 2 N–H and O–H groups in total. The van der Waals surface area contributed by atoms with Crippen molar-refractivity contribution in [2.45, 2.75) is 0 Å². The van der Waals surface area contributed by atoms with Crippen LogP contribution in [0.5, 0.6) is 0 Å². The Bertz CT molecular complexity index is 531. The molecule has 1 aromatic carbocycles. The van der Waals surface area contributed by atoms with E-state index in [-0.39, 0.29) is 0 Å². The van der Waals surface area contributed by atoms with Crippen molar-refractivity contribution in [1.82, 2.24) is 5.32 Å². The molecular formula is C13H13N3S. The van der Waals surface area contributed by atoms with Gasteiger partial charge in [-0.3, -0.25) is 4.99 Å². The van der Waals surface area contributed by atoms with E-state index in [4.69, 9.17) is 0 Å². The number of benzene rings is 1. The standard InChI is InChI=1S/C13H13N3S/c1-2-4-10(5-3-1)12-11(6-9-17-12)16-13-14-7-8-15-13/h1-6,9H,7-8H2,(H2,14,15,16). The lowest BCUT2D eigenvalue weighted by atomic mass is 10.2. The van der Waals surface area contributed by atoms with Gasteiger partial charge in [0.2, 0.25) is 0 Å². The van der Waals surface area contributed by atoms with E-state index in [1.165, 1.54) is 10.4 Å². The van der Waals surface area contributed by atoms with Crippen LogP contribution in [0.15, 0.2) is 46.8 Å². The molecule has 0 amide bonds. The summed E-state index contributed by atoms with van der Waals surface area (Å²) in [5.41, 5.74) is 2.36. The van der Waals surface area contributed by atoms with E-state index in [2.05, 4.69) is 51.3 Å². The molecule has 0 saturated carbocycles. The van der Waals surface area contributed by atoms with Gasteiger partial charge in [-0.05, 0) is 17.0 Å². The van der Waals surface area contributed by atoms with Gasteiger partial charge in [0.1, 0.15) is 0 Å². The molecule has 2 heterocycles. The Morgan fingerprint density at radius 2 is 2.06 bits per heavy atom. The summed E-state index contributed by atoms with van der Waals surface area (Å²) in [6, 6.07) is 12.5. The van der Waals surface area contributed by atoms with E-state index < -0.39 is 0 Å². The predicted molar refractivity (Wildman–Crippen MR) is 73.7 cm³/mol. The number of guanidine groups is 1. The maximum absolute atomic E-state index is 4.34. The summed E-state index contributed by atoms with van der Waals surface area (Å²) in [5.74, 6) is 0.876. The number of nitrogens with one attached hydrogen (secondary N) is 2. The summed E-state index contributed by atoms with van der Waals surface area (Å²) in [6.45, 7) is 1.78. The van der Waals surface area contributed by atoms with Crippen LogP contribution in [-0.4, -0.2) is 19.0 Å². The summed E-state index contributed by atoms with van der Waals surface area (Å²) in [5, 5.41) is 8.65. The molecule has 1 aliphatic rings. The lowest BCUT2D eigenvalue weighted by molar-refractivity contribution is 0.959. The Labute approximate surface area is 104 Å². The summed E-state index contributed by atoms with van der Waals surface area (Å²) >= 11 is 1.74. The molecule has 0 aliphatic carbocycles. The van der Waals surface area contributed by atoms with E-state index in [0.717, 1.165) is 24.7 Å². The fourth-order valence-electron chi connectivity index (χ4n) is 1.83. The van der Waals surface area contributed by atoms with Crippen LogP contribution in [-0.2, 0) is 0 Å². The predicted octanol–water partition coefficient (Wildman–Crippen LogP) is 2.79. The highest BCUT2D eigenvalue weighted by Gasteiger charge is 2.10. The molecule has 3 nitrogen and oxygen atoms in total. The fourth-order valence-corrected chi connectivity index (χ4v) is 2.69. The van der Waals surface area contributed by atoms with Crippen LogP contribution < -0.4 is 10.6 Å². The van der Waals surface area contributed by atoms with Crippen LogP contribution in [0.4, 0.5) is 5.69 Å². The van der Waals surface area contributed by atoms with Gasteiger partial charge in [0, 0.05) is 6.54 Å². The molecule has 0 bridgehead atoms. The first-order chi connectivity index (χ1) is 8.43. The maximum Gasteiger partial charge on any atom is 0.195 e. The number of thiophene rings is 1. The monoisotopic (exact) mass is 243 g/mol. The minimum atomic E-state index is 0.854. The third-order valence-corrected chi connectivity index (χ3v) is 3.59. The summed E-state index contributed by atoms with van der Waals surface area (Å²) < 4.78 is 0. The van der Waals surface area contributed by atoms with Crippen molar-refractivity contribution in [2.75, 3.05) is 18.4 Å².